The highest BCUT2D eigenvalue weighted by atomic mass is 32.2. The molecule has 0 aromatic carbocycles. The minimum absolute atomic E-state index is 0.237. The normalized spacial score (nSPS) is 11.4. The van der Waals surface area contributed by atoms with Crippen LogP contribution in [0.3, 0.4) is 0 Å². The molecule has 4 aromatic rings. The van der Waals surface area contributed by atoms with E-state index in [-0.39, 0.29) is 11.6 Å². The van der Waals surface area contributed by atoms with Gasteiger partial charge in [0.25, 0.3) is 0 Å². The molecule has 138 valence electrons. The van der Waals surface area contributed by atoms with Crippen LogP contribution in [-0.2, 0) is 12.3 Å². The van der Waals surface area contributed by atoms with Crippen LogP contribution in [0.4, 0.5) is 8.78 Å². The number of imidazole rings is 1. The van der Waals surface area contributed by atoms with Gasteiger partial charge in [-0.25, -0.2) is 4.98 Å². The fourth-order valence-corrected chi connectivity index (χ4v) is 3.45. The maximum absolute atomic E-state index is 13.0. The number of thioether (sulfide) groups is 1. The Hall–Kier alpha value is -3.01. The second kappa shape index (κ2) is 7.70. The Morgan fingerprint density at radius 2 is 2.07 bits per heavy atom. The molecule has 0 aliphatic rings. The van der Waals surface area contributed by atoms with Crippen LogP contribution in [0.1, 0.15) is 18.1 Å². The number of rotatable bonds is 7. The number of hydrogen-bond donors (Lipinski definition) is 0. The van der Waals surface area contributed by atoms with Crippen molar-refractivity contribution in [3.63, 3.8) is 0 Å². The zero-order valence-electron chi connectivity index (χ0n) is 13.9. The van der Waals surface area contributed by atoms with Crippen molar-refractivity contribution in [1.82, 2.24) is 29.3 Å². The maximum Gasteiger partial charge on any atom is 0.319 e. The Kier molecular flexibility index (Phi) is 4.97. The van der Waals surface area contributed by atoms with Gasteiger partial charge in [-0.1, -0.05) is 11.8 Å². The molecule has 4 heterocycles. The number of furan rings is 1. The van der Waals surface area contributed by atoms with Gasteiger partial charge in [-0.3, -0.25) is 14.1 Å². The molecule has 0 spiro atoms. The lowest BCUT2D eigenvalue weighted by Crippen LogP contribution is -2.05. The van der Waals surface area contributed by atoms with Crippen molar-refractivity contribution in [1.29, 1.82) is 0 Å². The van der Waals surface area contributed by atoms with Crippen LogP contribution in [0, 0.1) is 0 Å². The molecule has 0 bridgehead atoms. The summed E-state index contributed by atoms with van der Waals surface area (Å²) in [5.74, 6) is 1.86. The van der Waals surface area contributed by atoms with Gasteiger partial charge in [0, 0.05) is 30.4 Å². The Bertz CT molecular complexity index is 1000. The molecule has 0 fully saturated rings. The minimum Gasteiger partial charge on any atom is -0.467 e. The Balaban J connectivity index is 1.63. The van der Waals surface area contributed by atoms with E-state index in [0.29, 0.717) is 17.5 Å². The van der Waals surface area contributed by atoms with Crippen molar-refractivity contribution < 1.29 is 13.2 Å². The standard InChI is InChI=1S/C17H14F2N6OS/c18-16(19)24-7-6-21-14(24)11-27-17-23-22-15(12-3-1-5-20-9-12)25(17)10-13-4-2-8-26-13/h1-9,16H,10-11H2. The third kappa shape index (κ3) is 3.75. The van der Waals surface area contributed by atoms with Crippen LogP contribution in [0.5, 0.6) is 0 Å². The summed E-state index contributed by atoms with van der Waals surface area (Å²) in [5.41, 5.74) is 0.803. The van der Waals surface area contributed by atoms with Crippen molar-refractivity contribution in [3.8, 4) is 11.4 Å². The first-order valence-corrected chi connectivity index (χ1v) is 8.99. The van der Waals surface area contributed by atoms with E-state index >= 15 is 0 Å². The van der Waals surface area contributed by atoms with E-state index < -0.39 is 6.55 Å². The molecule has 27 heavy (non-hydrogen) atoms. The average molecular weight is 388 g/mol. The molecule has 0 saturated carbocycles. The van der Waals surface area contributed by atoms with E-state index in [4.69, 9.17) is 4.42 Å². The highest BCUT2D eigenvalue weighted by Gasteiger charge is 2.18. The molecule has 0 atom stereocenters. The van der Waals surface area contributed by atoms with Crippen LogP contribution < -0.4 is 0 Å². The minimum atomic E-state index is -2.63. The van der Waals surface area contributed by atoms with Gasteiger partial charge in [0.1, 0.15) is 11.6 Å². The summed E-state index contributed by atoms with van der Waals surface area (Å²) in [6.45, 7) is -2.22. The van der Waals surface area contributed by atoms with Gasteiger partial charge in [0.2, 0.25) is 0 Å². The second-order valence-corrected chi connectivity index (χ2v) is 6.47. The summed E-state index contributed by atoms with van der Waals surface area (Å²) in [4.78, 5) is 8.12. The fraction of sp³-hybridized carbons (Fsp3) is 0.176. The number of halogens is 2. The summed E-state index contributed by atoms with van der Waals surface area (Å²) in [6, 6.07) is 7.35. The van der Waals surface area contributed by atoms with E-state index in [9.17, 15) is 8.78 Å². The molecule has 4 aromatic heterocycles. The molecular weight excluding hydrogens is 374 g/mol. The number of alkyl halides is 2. The second-order valence-electron chi connectivity index (χ2n) is 5.53. The zero-order valence-corrected chi connectivity index (χ0v) is 14.8. The van der Waals surface area contributed by atoms with Gasteiger partial charge >= 0.3 is 6.55 Å². The third-order valence-corrected chi connectivity index (χ3v) is 4.78. The molecule has 0 saturated heterocycles. The lowest BCUT2D eigenvalue weighted by Gasteiger charge is -2.09. The number of pyridine rings is 1. The lowest BCUT2D eigenvalue weighted by molar-refractivity contribution is 0.0678. The van der Waals surface area contributed by atoms with Crippen LogP contribution in [-0.4, -0.2) is 29.3 Å². The molecule has 0 radical (unpaired) electrons. The predicted octanol–water partition coefficient (Wildman–Crippen LogP) is 3.87. The predicted molar refractivity (Wildman–Crippen MR) is 94.1 cm³/mol. The Labute approximate surface area is 157 Å². The monoisotopic (exact) mass is 388 g/mol. The smallest absolute Gasteiger partial charge is 0.319 e. The molecule has 10 heteroatoms. The zero-order chi connectivity index (χ0) is 18.6. The van der Waals surface area contributed by atoms with Crippen LogP contribution in [0.2, 0.25) is 0 Å². The van der Waals surface area contributed by atoms with Crippen molar-refractivity contribution >= 4 is 11.8 Å². The van der Waals surface area contributed by atoms with E-state index in [1.807, 2.05) is 22.8 Å². The molecule has 7 nitrogen and oxygen atoms in total. The van der Waals surface area contributed by atoms with E-state index in [1.165, 1.54) is 24.2 Å². The third-order valence-electron chi connectivity index (χ3n) is 3.82. The summed E-state index contributed by atoms with van der Waals surface area (Å²) >= 11 is 1.28. The van der Waals surface area contributed by atoms with E-state index in [0.717, 1.165) is 15.9 Å². The van der Waals surface area contributed by atoms with Crippen molar-refractivity contribution in [2.45, 2.75) is 24.0 Å². The van der Waals surface area contributed by atoms with Crippen LogP contribution >= 0.6 is 11.8 Å². The molecule has 0 N–H and O–H groups in total. The number of hydrogen-bond acceptors (Lipinski definition) is 6. The maximum atomic E-state index is 13.0. The highest BCUT2D eigenvalue weighted by Crippen LogP contribution is 2.27. The van der Waals surface area contributed by atoms with Gasteiger partial charge in [0.15, 0.2) is 11.0 Å². The van der Waals surface area contributed by atoms with E-state index in [2.05, 4.69) is 20.2 Å². The topological polar surface area (TPSA) is 74.6 Å². The SMILES string of the molecule is FC(F)n1ccnc1CSc1nnc(-c2cccnc2)n1Cc1ccco1. The lowest BCUT2D eigenvalue weighted by atomic mass is 10.2. The van der Waals surface area contributed by atoms with Gasteiger partial charge in [-0.15, -0.1) is 10.2 Å². The first-order valence-electron chi connectivity index (χ1n) is 8.01. The molecule has 0 aliphatic heterocycles. The van der Waals surface area contributed by atoms with Crippen LogP contribution in [0.25, 0.3) is 11.4 Å². The van der Waals surface area contributed by atoms with Gasteiger partial charge in [0.05, 0.1) is 18.6 Å². The fourth-order valence-electron chi connectivity index (χ4n) is 2.57. The van der Waals surface area contributed by atoms with Gasteiger partial charge in [-0.2, -0.15) is 8.78 Å². The first-order chi connectivity index (χ1) is 13.2. The molecule has 0 amide bonds. The quantitative estimate of drug-likeness (QED) is 0.448. The summed E-state index contributed by atoms with van der Waals surface area (Å²) < 4.78 is 34.2. The largest absolute Gasteiger partial charge is 0.467 e. The van der Waals surface area contributed by atoms with Gasteiger partial charge in [-0.05, 0) is 24.3 Å². The van der Waals surface area contributed by atoms with E-state index in [1.54, 1.807) is 24.7 Å². The number of aromatic nitrogens is 6. The highest BCUT2D eigenvalue weighted by molar-refractivity contribution is 7.98. The first kappa shape index (κ1) is 17.4. The molecule has 4 rings (SSSR count). The van der Waals surface area contributed by atoms with Gasteiger partial charge < -0.3 is 4.42 Å². The summed E-state index contributed by atoms with van der Waals surface area (Å²) in [5, 5.41) is 9.07. The van der Waals surface area contributed by atoms with Crippen molar-refractivity contribution in [2.75, 3.05) is 0 Å². The summed E-state index contributed by atoms with van der Waals surface area (Å²) in [7, 11) is 0. The summed E-state index contributed by atoms with van der Waals surface area (Å²) in [6.07, 6.45) is 7.58. The Morgan fingerprint density at radius 3 is 2.81 bits per heavy atom. The average Bonchev–Trinajstić information content (AvgIpc) is 3.42. The van der Waals surface area contributed by atoms with Crippen LogP contribution in [0.15, 0.2) is 64.9 Å². The Morgan fingerprint density at radius 1 is 1.15 bits per heavy atom. The van der Waals surface area contributed by atoms with Crippen molar-refractivity contribution in [3.05, 3.63) is 66.9 Å². The number of nitrogens with zero attached hydrogens (tertiary/aromatic N) is 6. The molecule has 0 aliphatic carbocycles. The van der Waals surface area contributed by atoms with Crippen molar-refractivity contribution in [2.24, 2.45) is 0 Å². The molecular formula is C17H14F2N6OS. The molecule has 0 unspecified atom stereocenters.